The molecule has 0 aliphatic carbocycles. The molecule has 0 atom stereocenters. The van der Waals surface area contributed by atoms with Gasteiger partial charge in [0.05, 0.1) is 17.4 Å². The molecular formula is C14H12BrN5O. The molecule has 106 valence electrons. The van der Waals surface area contributed by atoms with Gasteiger partial charge in [-0.25, -0.2) is 4.98 Å². The van der Waals surface area contributed by atoms with E-state index in [0.717, 1.165) is 15.7 Å². The van der Waals surface area contributed by atoms with Gasteiger partial charge in [0.1, 0.15) is 4.60 Å². The van der Waals surface area contributed by atoms with Gasteiger partial charge in [-0.3, -0.25) is 9.89 Å². The van der Waals surface area contributed by atoms with Crippen LogP contribution in [0.3, 0.4) is 0 Å². The van der Waals surface area contributed by atoms with Crippen molar-refractivity contribution in [2.24, 2.45) is 0 Å². The number of pyridine rings is 1. The zero-order chi connectivity index (χ0) is 15.0. The van der Waals surface area contributed by atoms with Crippen LogP contribution in [0.5, 0.6) is 0 Å². The van der Waals surface area contributed by atoms with Crippen molar-refractivity contribution in [1.29, 1.82) is 0 Å². The van der Waals surface area contributed by atoms with E-state index in [1.54, 1.807) is 24.4 Å². The Morgan fingerprint density at radius 1 is 1.38 bits per heavy atom. The lowest BCUT2D eigenvalue weighted by atomic mass is 10.2. The van der Waals surface area contributed by atoms with Crippen molar-refractivity contribution in [2.45, 2.75) is 6.92 Å². The minimum atomic E-state index is -0.310. The van der Waals surface area contributed by atoms with Gasteiger partial charge >= 0.3 is 0 Å². The molecule has 0 aliphatic rings. The molecule has 2 heterocycles. The van der Waals surface area contributed by atoms with Gasteiger partial charge in [-0.1, -0.05) is 0 Å². The number of nitrogen functional groups attached to an aromatic ring is 1. The summed E-state index contributed by atoms with van der Waals surface area (Å²) in [6, 6.07) is 7.10. The molecule has 0 saturated carbocycles. The van der Waals surface area contributed by atoms with Crippen molar-refractivity contribution in [1.82, 2.24) is 15.2 Å². The van der Waals surface area contributed by atoms with Crippen LogP contribution in [-0.2, 0) is 0 Å². The number of hydrogen-bond donors (Lipinski definition) is 3. The fourth-order valence-corrected chi connectivity index (χ4v) is 2.24. The van der Waals surface area contributed by atoms with Crippen molar-refractivity contribution < 1.29 is 4.79 Å². The number of nitrogens with one attached hydrogen (secondary N) is 2. The Bertz CT molecular complexity index is 842. The third-order valence-electron chi connectivity index (χ3n) is 3.07. The standard InChI is InChI=1S/C14H12BrN5O/c1-7-4-9(6-17-13(7)15)18-14(21)12-10-5-8(16)2-3-11(10)19-20-12/h2-6H,16H2,1H3,(H,18,21)(H,19,20). The van der Waals surface area contributed by atoms with E-state index in [1.165, 1.54) is 0 Å². The number of carbonyl (C=O) groups excluding carboxylic acids is 1. The van der Waals surface area contributed by atoms with Gasteiger partial charge in [0.25, 0.3) is 5.91 Å². The second kappa shape index (κ2) is 5.17. The summed E-state index contributed by atoms with van der Waals surface area (Å²) in [5, 5.41) is 10.3. The molecule has 3 rings (SSSR count). The minimum absolute atomic E-state index is 0.304. The average Bonchev–Trinajstić information content (AvgIpc) is 2.86. The van der Waals surface area contributed by atoms with Gasteiger partial charge in [-0.05, 0) is 52.7 Å². The van der Waals surface area contributed by atoms with E-state index in [2.05, 4.69) is 36.4 Å². The number of rotatable bonds is 2. The van der Waals surface area contributed by atoms with E-state index in [9.17, 15) is 4.79 Å². The molecule has 1 aromatic carbocycles. The number of halogens is 1. The Morgan fingerprint density at radius 3 is 2.95 bits per heavy atom. The summed E-state index contributed by atoms with van der Waals surface area (Å²) < 4.78 is 0.749. The van der Waals surface area contributed by atoms with Crippen LogP contribution in [0, 0.1) is 6.92 Å². The molecule has 1 amide bonds. The number of benzene rings is 1. The lowest BCUT2D eigenvalue weighted by Crippen LogP contribution is -2.13. The number of aromatic nitrogens is 3. The van der Waals surface area contributed by atoms with Crippen LogP contribution in [0.25, 0.3) is 10.9 Å². The summed E-state index contributed by atoms with van der Waals surface area (Å²) in [4.78, 5) is 16.5. The highest BCUT2D eigenvalue weighted by Gasteiger charge is 2.15. The predicted molar refractivity (Wildman–Crippen MR) is 85.1 cm³/mol. The normalized spacial score (nSPS) is 10.8. The number of aromatic amines is 1. The van der Waals surface area contributed by atoms with E-state index in [-0.39, 0.29) is 5.91 Å². The number of nitrogens with two attached hydrogens (primary N) is 1. The molecule has 21 heavy (non-hydrogen) atoms. The monoisotopic (exact) mass is 345 g/mol. The maximum atomic E-state index is 12.3. The van der Waals surface area contributed by atoms with Crippen molar-refractivity contribution in [2.75, 3.05) is 11.1 Å². The van der Waals surface area contributed by atoms with Crippen LogP contribution in [0.2, 0.25) is 0 Å². The molecular weight excluding hydrogens is 334 g/mol. The molecule has 0 bridgehead atoms. The maximum absolute atomic E-state index is 12.3. The predicted octanol–water partition coefficient (Wildman–Crippen LogP) is 2.86. The fraction of sp³-hybridized carbons (Fsp3) is 0.0714. The molecule has 4 N–H and O–H groups in total. The number of carbonyl (C=O) groups is 1. The molecule has 3 aromatic rings. The lowest BCUT2D eigenvalue weighted by molar-refractivity contribution is 0.102. The van der Waals surface area contributed by atoms with Gasteiger partial charge in [0, 0.05) is 11.1 Å². The molecule has 6 nitrogen and oxygen atoms in total. The number of aryl methyl sites for hydroxylation is 1. The lowest BCUT2D eigenvalue weighted by Gasteiger charge is -2.05. The highest BCUT2D eigenvalue weighted by atomic mass is 79.9. The molecule has 7 heteroatoms. The average molecular weight is 346 g/mol. The number of nitrogens with zero attached hydrogens (tertiary/aromatic N) is 2. The topological polar surface area (TPSA) is 96.7 Å². The number of amides is 1. The van der Waals surface area contributed by atoms with Crippen LogP contribution in [-0.4, -0.2) is 21.1 Å². The van der Waals surface area contributed by atoms with Crippen LogP contribution in [0.15, 0.2) is 35.1 Å². The third kappa shape index (κ3) is 2.59. The molecule has 0 radical (unpaired) electrons. The van der Waals surface area contributed by atoms with Crippen molar-refractivity contribution >= 4 is 44.1 Å². The van der Waals surface area contributed by atoms with E-state index in [0.29, 0.717) is 22.5 Å². The summed E-state index contributed by atoms with van der Waals surface area (Å²) in [6.07, 6.45) is 1.58. The van der Waals surface area contributed by atoms with Crippen LogP contribution < -0.4 is 11.1 Å². The zero-order valence-corrected chi connectivity index (χ0v) is 12.7. The second-order valence-corrected chi connectivity index (χ2v) is 5.41. The summed E-state index contributed by atoms with van der Waals surface area (Å²) in [5.41, 5.74) is 8.95. The quantitative estimate of drug-likeness (QED) is 0.491. The first-order valence-corrected chi connectivity index (χ1v) is 7.01. The van der Waals surface area contributed by atoms with Gasteiger partial charge in [0.2, 0.25) is 0 Å². The Morgan fingerprint density at radius 2 is 2.19 bits per heavy atom. The number of hydrogen-bond acceptors (Lipinski definition) is 4. The van der Waals surface area contributed by atoms with Crippen LogP contribution in [0.4, 0.5) is 11.4 Å². The highest BCUT2D eigenvalue weighted by Crippen LogP contribution is 2.21. The smallest absolute Gasteiger partial charge is 0.276 e. The van der Waals surface area contributed by atoms with Crippen molar-refractivity contribution in [3.63, 3.8) is 0 Å². The van der Waals surface area contributed by atoms with Gasteiger partial charge < -0.3 is 11.1 Å². The van der Waals surface area contributed by atoms with E-state index >= 15 is 0 Å². The zero-order valence-electron chi connectivity index (χ0n) is 11.1. The van der Waals surface area contributed by atoms with Gasteiger partial charge in [0.15, 0.2) is 5.69 Å². The fourth-order valence-electron chi connectivity index (χ4n) is 2.02. The number of H-pyrrole nitrogens is 1. The van der Waals surface area contributed by atoms with E-state index in [4.69, 9.17) is 5.73 Å². The summed E-state index contributed by atoms with van der Waals surface area (Å²) in [5.74, 6) is -0.310. The van der Waals surface area contributed by atoms with Crippen LogP contribution >= 0.6 is 15.9 Å². The third-order valence-corrected chi connectivity index (χ3v) is 3.90. The first-order chi connectivity index (χ1) is 10.0. The largest absolute Gasteiger partial charge is 0.399 e. The molecule has 0 saturated heterocycles. The maximum Gasteiger partial charge on any atom is 0.276 e. The number of anilines is 2. The van der Waals surface area contributed by atoms with Crippen molar-refractivity contribution in [3.8, 4) is 0 Å². The van der Waals surface area contributed by atoms with Crippen molar-refractivity contribution in [3.05, 3.63) is 46.3 Å². The minimum Gasteiger partial charge on any atom is -0.399 e. The van der Waals surface area contributed by atoms with Gasteiger partial charge in [-0.15, -0.1) is 0 Å². The highest BCUT2D eigenvalue weighted by molar-refractivity contribution is 9.10. The first-order valence-electron chi connectivity index (χ1n) is 6.21. The first kappa shape index (κ1) is 13.6. The molecule has 0 aliphatic heterocycles. The molecule has 0 unspecified atom stereocenters. The Hall–Kier alpha value is -2.41. The van der Waals surface area contributed by atoms with Gasteiger partial charge in [-0.2, -0.15) is 5.10 Å². The molecule has 0 fully saturated rings. The van der Waals surface area contributed by atoms with E-state index < -0.39 is 0 Å². The van der Waals surface area contributed by atoms with E-state index in [1.807, 2.05) is 13.0 Å². The number of fused-ring (bicyclic) bond motifs is 1. The Kier molecular flexibility index (Phi) is 3.34. The second-order valence-electron chi connectivity index (χ2n) is 4.66. The SMILES string of the molecule is Cc1cc(NC(=O)c2n[nH]c3ccc(N)cc23)cnc1Br. The Labute approximate surface area is 128 Å². The molecule has 0 spiro atoms. The Balaban J connectivity index is 1.93. The summed E-state index contributed by atoms with van der Waals surface area (Å²) >= 11 is 3.32. The molecule has 2 aromatic heterocycles. The summed E-state index contributed by atoms with van der Waals surface area (Å²) in [6.45, 7) is 1.90. The van der Waals surface area contributed by atoms with Crippen LogP contribution in [0.1, 0.15) is 16.1 Å². The summed E-state index contributed by atoms with van der Waals surface area (Å²) in [7, 11) is 0.